The smallest absolute Gasteiger partial charge is 0.247 e. The fraction of sp³-hybridized carbons (Fsp3) is 0.238. The summed E-state index contributed by atoms with van der Waals surface area (Å²) in [5.41, 5.74) is 2.84. The molecule has 0 saturated carbocycles. The number of rotatable bonds is 3. The molecule has 1 saturated heterocycles. The Kier molecular flexibility index (Phi) is 3.81. The Morgan fingerprint density at radius 1 is 1.19 bits per heavy atom. The van der Waals surface area contributed by atoms with Crippen molar-refractivity contribution >= 4 is 23.0 Å². The maximum absolute atomic E-state index is 12.8. The standard InChI is InChI=1S/C21H19N3O3/c25-20(10-8-14-7-9-18-19(12-14)27-13-26-18)24-11-3-6-17(24)21-22-15-4-1-2-5-16(15)23-21/h1-2,4-5,7-10,12,17H,3,6,11,13H2,(H,22,23)/b10-8+/t17-/m0/s1. The van der Waals surface area contributed by atoms with E-state index in [0.717, 1.165) is 47.6 Å². The van der Waals surface area contributed by atoms with Crippen molar-refractivity contribution in [1.82, 2.24) is 14.9 Å². The van der Waals surface area contributed by atoms with Crippen LogP contribution >= 0.6 is 0 Å². The number of carbonyl (C=O) groups is 1. The molecule has 0 bridgehead atoms. The molecule has 0 radical (unpaired) electrons. The second kappa shape index (κ2) is 6.46. The van der Waals surface area contributed by atoms with E-state index in [1.54, 1.807) is 6.08 Å². The highest BCUT2D eigenvalue weighted by atomic mass is 16.7. The van der Waals surface area contributed by atoms with Gasteiger partial charge in [0.1, 0.15) is 5.82 Å². The van der Waals surface area contributed by atoms with E-state index >= 15 is 0 Å². The number of nitrogens with zero attached hydrogens (tertiary/aromatic N) is 2. The lowest BCUT2D eigenvalue weighted by Crippen LogP contribution is -2.29. The normalized spacial score (nSPS) is 18.7. The lowest BCUT2D eigenvalue weighted by molar-refractivity contribution is -0.126. The van der Waals surface area contributed by atoms with Crippen LogP contribution < -0.4 is 9.47 Å². The summed E-state index contributed by atoms with van der Waals surface area (Å²) in [6, 6.07) is 13.6. The van der Waals surface area contributed by atoms with Gasteiger partial charge in [-0.15, -0.1) is 0 Å². The van der Waals surface area contributed by atoms with Crippen LogP contribution in [0.5, 0.6) is 11.5 Å². The van der Waals surface area contributed by atoms with Crippen molar-refractivity contribution in [3.8, 4) is 11.5 Å². The van der Waals surface area contributed by atoms with Crippen LogP contribution in [0.2, 0.25) is 0 Å². The summed E-state index contributed by atoms with van der Waals surface area (Å²) in [5.74, 6) is 2.31. The average molecular weight is 361 g/mol. The van der Waals surface area contributed by atoms with E-state index in [9.17, 15) is 4.79 Å². The predicted molar refractivity (Wildman–Crippen MR) is 101 cm³/mol. The van der Waals surface area contributed by atoms with Crippen molar-refractivity contribution in [3.63, 3.8) is 0 Å². The maximum Gasteiger partial charge on any atom is 0.247 e. The molecule has 2 aliphatic heterocycles. The first-order valence-corrected chi connectivity index (χ1v) is 9.11. The zero-order valence-corrected chi connectivity index (χ0v) is 14.7. The van der Waals surface area contributed by atoms with Crippen molar-refractivity contribution in [2.24, 2.45) is 0 Å². The zero-order valence-electron chi connectivity index (χ0n) is 14.7. The number of H-pyrrole nitrogens is 1. The van der Waals surface area contributed by atoms with Gasteiger partial charge in [0.15, 0.2) is 11.5 Å². The van der Waals surface area contributed by atoms with Gasteiger partial charge in [0.2, 0.25) is 12.7 Å². The molecule has 1 aromatic heterocycles. The van der Waals surface area contributed by atoms with Crippen LogP contribution in [0.3, 0.4) is 0 Å². The van der Waals surface area contributed by atoms with Crippen LogP contribution in [0, 0.1) is 0 Å². The Morgan fingerprint density at radius 3 is 3.00 bits per heavy atom. The SMILES string of the molecule is O=C(/C=C/c1ccc2c(c1)OCO2)N1CCC[C@H]1c1nc2ccccc2[nH]1. The van der Waals surface area contributed by atoms with Gasteiger partial charge in [0.05, 0.1) is 17.1 Å². The Hall–Kier alpha value is -3.28. The van der Waals surface area contributed by atoms with E-state index in [1.165, 1.54) is 0 Å². The highest BCUT2D eigenvalue weighted by Gasteiger charge is 2.31. The minimum absolute atomic E-state index is 0.00405. The first-order valence-electron chi connectivity index (χ1n) is 9.11. The van der Waals surface area contributed by atoms with E-state index in [0.29, 0.717) is 5.75 Å². The van der Waals surface area contributed by atoms with Gasteiger partial charge in [-0.1, -0.05) is 18.2 Å². The number of amides is 1. The van der Waals surface area contributed by atoms with Crippen molar-refractivity contribution < 1.29 is 14.3 Å². The number of benzene rings is 2. The van der Waals surface area contributed by atoms with Gasteiger partial charge in [-0.05, 0) is 48.7 Å². The molecule has 0 spiro atoms. The van der Waals surface area contributed by atoms with Crippen LogP contribution in [0.4, 0.5) is 0 Å². The molecule has 1 fully saturated rings. The minimum atomic E-state index is -0.00805. The molecule has 1 N–H and O–H groups in total. The number of nitrogens with one attached hydrogen (secondary N) is 1. The van der Waals surface area contributed by atoms with Crippen LogP contribution in [0.25, 0.3) is 17.1 Å². The molecule has 1 amide bonds. The van der Waals surface area contributed by atoms with Gasteiger partial charge in [0, 0.05) is 12.6 Å². The van der Waals surface area contributed by atoms with Gasteiger partial charge in [-0.3, -0.25) is 4.79 Å². The van der Waals surface area contributed by atoms with Crippen LogP contribution in [0.1, 0.15) is 30.3 Å². The third-order valence-corrected chi connectivity index (χ3v) is 5.07. The Morgan fingerprint density at radius 2 is 2.07 bits per heavy atom. The molecule has 3 aromatic rings. The molecular formula is C21H19N3O3. The van der Waals surface area contributed by atoms with Gasteiger partial charge in [-0.2, -0.15) is 0 Å². The molecule has 0 aliphatic carbocycles. The van der Waals surface area contributed by atoms with Gasteiger partial charge in [0.25, 0.3) is 0 Å². The monoisotopic (exact) mass is 361 g/mol. The average Bonchev–Trinajstić information content (AvgIpc) is 3.43. The summed E-state index contributed by atoms with van der Waals surface area (Å²) in [4.78, 5) is 22.7. The van der Waals surface area contributed by atoms with Gasteiger partial charge < -0.3 is 19.4 Å². The zero-order chi connectivity index (χ0) is 18.2. The second-order valence-electron chi connectivity index (χ2n) is 6.77. The molecule has 136 valence electrons. The van der Waals surface area contributed by atoms with E-state index in [4.69, 9.17) is 9.47 Å². The molecule has 3 heterocycles. The largest absolute Gasteiger partial charge is 0.454 e. The second-order valence-corrected chi connectivity index (χ2v) is 6.77. The van der Waals surface area contributed by atoms with Crippen LogP contribution in [0.15, 0.2) is 48.5 Å². The molecule has 27 heavy (non-hydrogen) atoms. The first-order chi connectivity index (χ1) is 13.3. The molecule has 2 aromatic carbocycles. The molecule has 0 unspecified atom stereocenters. The number of hydrogen-bond acceptors (Lipinski definition) is 4. The maximum atomic E-state index is 12.8. The number of likely N-dealkylation sites (tertiary alicyclic amines) is 1. The molecule has 6 nitrogen and oxygen atoms in total. The summed E-state index contributed by atoms with van der Waals surface area (Å²) in [6.07, 6.45) is 5.34. The number of aromatic nitrogens is 2. The summed E-state index contributed by atoms with van der Waals surface area (Å²) in [7, 11) is 0. The van der Waals surface area contributed by atoms with Crippen molar-refractivity contribution in [3.05, 3.63) is 59.9 Å². The highest BCUT2D eigenvalue weighted by Crippen LogP contribution is 2.34. The molecular weight excluding hydrogens is 342 g/mol. The minimum Gasteiger partial charge on any atom is -0.454 e. The lowest BCUT2D eigenvalue weighted by Gasteiger charge is -2.21. The first kappa shape index (κ1) is 15.9. The number of para-hydroxylation sites is 2. The third-order valence-electron chi connectivity index (χ3n) is 5.07. The number of imidazole rings is 1. The summed E-state index contributed by atoms with van der Waals surface area (Å²) >= 11 is 0. The van der Waals surface area contributed by atoms with Crippen LogP contribution in [-0.4, -0.2) is 34.1 Å². The van der Waals surface area contributed by atoms with E-state index in [1.807, 2.05) is 53.4 Å². The summed E-state index contributed by atoms with van der Waals surface area (Å²) in [5, 5.41) is 0. The fourth-order valence-corrected chi connectivity index (χ4v) is 3.73. The fourth-order valence-electron chi connectivity index (χ4n) is 3.73. The summed E-state index contributed by atoms with van der Waals surface area (Å²) in [6.45, 7) is 0.987. The van der Waals surface area contributed by atoms with Crippen molar-refractivity contribution in [2.45, 2.75) is 18.9 Å². The van der Waals surface area contributed by atoms with Gasteiger partial charge >= 0.3 is 0 Å². The number of carbonyl (C=O) groups excluding carboxylic acids is 1. The summed E-state index contributed by atoms with van der Waals surface area (Å²) < 4.78 is 10.7. The third kappa shape index (κ3) is 2.93. The Bertz CT molecular complexity index is 1010. The molecule has 1 atom stereocenters. The van der Waals surface area contributed by atoms with E-state index in [2.05, 4.69) is 9.97 Å². The molecule has 2 aliphatic rings. The number of fused-ring (bicyclic) bond motifs is 2. The Balaban J connectivity index is 1.35. The lowest BCUT2D eigenvalue weighted by atomic mass is 10.1. The van der Waals surface area contributed by atoms with Crippen molar-refractivity contribution in [1.29, 1.82) is 0 Å². The van der Waals surface area contributed by atoms with Gasteiger partial charge in [-0.25, -0.2) is 4.98 Å². The van der Waals surface area contributed by atoms with Crippen molar-refractivity contribution in [2.75, 3.05) is 13.3 Å². The number of aromatic amines is 1. The quantitative estimate of drug-likeness (QED) is 0.723. The number of hydrogen-bond donors (Lipinski definition) is 1. The predicted octanol–water partition coefficient (Wildman–Crippen LogP) is 3.67. The Labute approximate surface area is 156 Å². The topological polar surface area (TPSA) is 67.5 Å². The highest BCUT2D eigenvalue weighted by molar-refractivity contribution is 5.92. The van der Waals surface area contributed by atoms with E-state index in [-0.39, 0.29) is 18.7 Å². The van der Waals surface area contributed by atoms with E-state index < -0.39 is 0 Å². The molecule has 6 heteroatoms. The molecule has 5 rings (SSSR count). The van der Waals surface area contributed by atoms with Crippen LogP contribution in [-0.2, 0) is 4.79 Å². The number of ether oxygens (including phenoxy) is 2.